The minimum atomic E-state index is -3.92. The van der Waals surface area contributed by atoms with Crippen molar-refractivity contribution in [3.05, 3.63) is 46.2 Å². The normalized spacial score (nSPS) is 11.0. The van der Waals surface area contributed by atoms with Gasteiger partial charge >= 0.3 is 0 Å². The van der Waals surface area contributed by atoms with E-state index >= 15 is 0 Å². The molecule has 0 saturated heterocycles. The van der Waals surface area contributed by atoms with Crippen molar-refractivity contribution in [2.24, 2.45) is 5.14 Å². The summed E-state index contributed by atoms with van der Waals surface area (Å²) >= 11 is 12.2. The average molecular weight is 384 g/mol. The lowest BCUT2D eigenvalue weighted by Crippen LogP contribution is -3.00. The van der Waals surface area contributed by atoms with Crippen molar-refractivity contribution in [1.29, 1.82) is 0 Å². The van der Waals surface area contributed by atoms with Crippen LogP contribution in [0.4, 0.5) is 0 Å². The van der Waals surface area contributed by atoms with Crippen molar-refractivity contribution in [3.8, 4) is 11.4 Å². The van der Waals surface area contributed by atoms with Crippen LogP contribution in [0.1, 0.15) is 5.56 Å². The molecule has 0 aliphatic carbocycles. The molecule has 2 aromatic rings. The number of hydrogen-bond acceptors (Lipinski definition) is 3. The van der Waals surface area contributed by atoms with Crippen LogP contribution in [-0.2, 0) is 10.0 Å². The van der Waals surface area contributed by atoms with Gasteiger partial charge in [0, 0.05) is 17.2 Å². The SMILES string of the molecule is COc1cc[n+](-c2cc(C)c(Cl)cc2Cl)cc1S(N)(=O)=O.[Cl-]. The highest BCUT2D eigenvalue weighted by Crippen LogP contribution is 2.26. The maximum absolute atomic E-state index is 11.6. The second-order valence-electron chi connectivity index (χ2n) is 4.38. The van der Waals surface area contributed by atoms with Gasteiger partial charge in [-0.2, -0.15) is 4.57 Å². The van der Waals surface area contributed by atoms with Crippen LogP contribution in [0.15, 0.2) is 35.5 Å². The smallest absolute Gasteiger partial charge is 0.247 e. The van der Waals surface area contributed by atoms with E-state index in [0.717, 1.165) is 5.56 Å². The second kappa shape index (κ2) is 7.02. The third kappa shape index (κ3) is 3.83. The number of ether oxygens (including phenoxy) is 1. The molecule has 0 unspecified atom stereocenters. The number of methoxy groups -OCH3 is 1. The first-order chi connectivity index (χ1) is 9.74. The Kier molecular flexibility index (Phi) is 6.06. The fraction of sp³-hybridized carbons (Fsp3) is 0.154. The predicted molar refractivity (Wildman–Crippen MR) is 80.7 cm³/mol. The number of halogens is 3. The van der Waals surface area contributed by atoms with E-state index in [1.165, 1.54) is 19.4 Å². The van der Waals surface area contributed by atoms with Gasteiger partial charge in [-0.05, 0) is 18.6 Å². The molecule has 22 heavy (non-hydrogen) atoms. The topological polar surface area (TPSA) is 73.3 Å². The summed E-state index contributed by atoms with van der Waals surface area (Å²) in [5, 5.41) is 6.12. The fourth-order valence-electron chi connectivity index (χ4n) is 1.84. The van der Waals surface area contributed by atoms with Gasteiger partial charge in [0.1, 0.15) is 5.02 Å². The molecular formula is C13H13Cl3N2O3S. The third-order valence-electron chi connectivity index (χ3n) is 2.92. The van der Waals surface area contributed by atoms with Crippen molar-refractivity contribution in [2.75, 3.05) is 7.11 Å². The van der Waals surface area contributed by atoms with Crippen LogP contribution in [-0.4, -0.2) is 15.5 Å². The zero-order valence-corrected chi connectivity index (χ0v) is 14.8. The molecule has 1 aromatic carbocycles. The van der Waals surface area contributed by atoms with Gasteiger partial charge in [-0.25, -0.2) is 13.6 Å². The van der Waals surface area contributed by atoms with E-state index in [9.17, 15) is 8.42 Å². The van der Waals surface area contributed by atoms with E-state index < -0.39 is 10.0 Å². The number of primary sulfonamides is 1. The minimum Gasteiger partial charge on any atom is -1.00 e. The molecule has 0 aliphatic rings. The van der Waals surface area contributed by atoms with Crippen molar-refractivity contribution in [1.82, 2.24) is 0 Å². The van der Waals surface area contributed by atoms with E-state index in [1.54, 1.807) is 22.9 Å². The molecule has 1 heterocycles. The number of pyridine rings is 1. The Hall–Kier alpha value is -1.05. The Balaban J connectivity index is 0.00000242. The summed E-state index contributed by atoms with van der Waals surface area (Å²) in [6.07, 6.45) is 2.98. The van der Waals surface area contributed by atoms with Crippen LogP contribution < -0.4 is 26.8 Å². The molecule has 1 aromatic heterocycles. The molecule has 0 saturated carbocycles. The van der Waals surface area contributed by atoms with Gasteiger partial charge in [-0.1, -0.05) is 23.2 Å². The van der Waals surface area contributed by atoms with Crippen molar-refractivity contribution in [2.45, 2.75) is 11.8 Å². The lowest BCUT2D eigenvalue weighted by Gasteiger charge is -2.07. The van der Waals surface area contributed by atoms with Crippen molar-refractivity contribution >= 4 is 33.2 Å². The first-order valence-electron chi connectivity index (χ1n) is 5.82. The summed E-state index contributed by atoms with van der Waals surface area (Å²) in [7, 11) is -2.55. The number of rotatable bonds is 3. The summed E-state index contributed by atoms with van der Waals surface area (Å²) in [6.45, 7) is 1.83. The van der Waals surface area contributed by atoms with E-state index in [1.807, 2.05) is 6.92 Å². The van der Waals surface area contributed by atoms with Crippen molar-refractivity contribution < 1.29 is 30.1 Å². The van der Waals surface area contributed by atoms with Crippen molar-refractivity contribution in [3.63, 3.8) is 0 Å². The summed E-state index contributed by atoms with van der Waals surface area (Å²) in [4.78, 5) is -0.129. The molecule has 0 amide bonds. The number of nitrogens with two attached hydrogens (primary N) is 1. The highest BCUT2D eigenvalue weighted by molar-refractivity contribution is 7.89. The standard InChI is InChI=1S/C13H13Cl2N2O3S.ClH/c1-8-5-11(10(15)6-9(8)14)17-4-3-12(20-2)13(7-17)21(16,18)19;/h3-7H,1-2H3,(H2,16,18,19);1H/q+1;/p-1. The Labute approximate surface area is 145 Å². The molecule has 0 radical (unpaired) electrons. The number of aromatic nitrogens is 1. The molecule has 5 nitrogen and oxygen atoms in total. The predicted octanol–water partition coefficient (Wildman–Crippen LogP) is -0.761. The van der Waals surface area contributed by atoms with Crippen LogP contribution in [0.5, 0.6) is 5.75 Å². The third-order valence-corrected chi connectivity index (χ3v) is 4.55. The Morgan fingerprint density at radius 2 is 1.86 bits per heavy atom. The van der Waals surface area contributed by atoms with Crippen LogP contribution >= 0.6 is 23.2 Å². The Bertz CT molecular complexity index is 810. The fourth-order valence-corrected chi connectivity index (χ4v) is 3.01. The van der Waals surface area contributed by atoms with Crippen LogP contribution in [0.2, 0.25) is 10.0 Å². The van der Waals surface area contributed by atoms with Gasteiger partial charge in [-0.15, -0.1) is 0 Å². The number of benzene rings is 1. The summed E-state index contributed by atoms with van der Waals surface area (Å²) in [5.74, 6) is 0.163. The second-order valence-corrected chi connectivity index (χ2v) is 6.73. The Morgan fingerprint density at radius 1 is 1.23 bits per heavy atom. The van der Waals surface area contributed by atoms with Gasteiger partial charge in [0.05, 0.1) is 7.11 Å². The molecule has 9 heteroatoms. The molecule has 120 valence electrons. The molecule has 0 atom stereocenters. The van der Waals surface area contributed by atoms with Crippen LogP contribution in [0.25, 0.3) is 5.69 Å². The molecule has 0 fully saturated rings. The maximum atomic E-state index is 11.6. The van der Waals surface area contributed by atoms with Crippen LogP contribution in [0.3, 0.4) is 0 Å². The lowest BCUT2D eigenvalue weighted by molar-refractivity contribution is -0.597. The Morgan fingerprint density at radius 3 is 2.41 bits per heavy atom. The molecular weight excluding hydrogens is 371 g/mol. The summed E-state index contributed by atoms with van der Waals surface area (Å²) < 4.78 is 29.8. The summed E-state index contributed by atoms with van der Waals surface area (Å²) in [5.41, 5.74) is 1.41. The van der Waals surface area contributed by atoms with E-state index in [2.05, 4.69) is 0 Å². The zero-order valence-electron chi connectivity index (χ0n) is 11.7. The molecule has 0 spiro atoms. The van der Waals surface area contributed by atoms with E-state index in [4.69, 9.17) is 33.1 Å². The quantitative estimate of drug-likeness (QED) is 0.708. The highest BCUT2D eigenvalue weighted by atomic mass is 35.5. The average Bonchev–Trinajstić information content (AvgIpc) is 2.41. The largest absolute Gasteiger partial charge is 1.00 e. The first-order valence-corrected chi connectivity index (χ1v) is 8.12. The van der Waals surface area contributed by atoms with Gasteiger partial charge < -0.3 is 17.1 Å². The van der Waals surface area contributed by atoms with Gasteiger partial charge in [0.2, 0.25) is 15.7 Å². The summed E-state index contributed by atoms with van der Waals surface area (Å²) in [6, 6.07) is 4.85. The number of aryl methyl sites for hydroxylation is 1. The lowest BCUT2D eigenvalue weighted by atomic mass is 10.2. The van der Waals surface area contributed by atoms with E-state index in [-0.39, 0.29) is 23.1 Å². The van der Waals surface area contributed by atoms with Crippen LogP contribution in [0, 0.1) is 6.92 Å². The highest BCUT2D eigenvalue weighted by Gasteiger charge is 2.22. The van der Waals surface area contributed by atoms with Gasteiger partial charge in [-0.3, -0.25) is 0 Å². The minimum absolute atomic E-state index is 0. The number of sulfonamides is 1. The number of hydrogen-bond donors (Lipinski definition) is 1. The molecule has 2 rings (SSSR count). The van der Waals surface area contributed by atoms with E-state index in [0.29, 0.717) is 15.7 Å². The monoisotopic (exact) mass is 382 g/mol. The van der Waals surface area contributed by atoms with Gasteiger partial charge in [0.25, 0.3) is 0 Å². The first kappa shape index (κ1) is 19.0. The molecule has 2 N–H and O–H groups in total. The molecule has 0 bridgehead atoms. The maximum Gasteiger partial charge on any atom is 0.247 e. The number of nitrogens with zero attached hydrogens (tertiary/aromatic N) is 1. The molecule has 0 aliphatic heterocycles. The zero-order chi connectivity index (χ0) is 15.8. The van der Waals surface area contributed by atoms with Gasteiger partial charge in [0.15, 0.2) is 23.0 Å².